The van der Waals surface area contributed by atoms with Gasteiger partial charge in [-0.15, -0.1) is 5.98 Å². The summed E-state index contributed by atoms with van der Waals surface area (Å²) in [6.45, 7) is 2.79. The minimum absolute atomic E-state index is 0.320. The molecule has 1 rings (SSSR count). The van der Waals surface area contributed by atoms with E-state index in [1.54, 1.807) is 0 Å². The summed E-state index contributed by atoms with van der Waals surface area (Å²) in [7, 11) is 1.97. The van der Waals surface area contributed by atoms with E-state index in [0.717, 1.165) is 6.42 Å². The monoisotopic (exact) mass is 200 g/mol. The highest BCUT2D eigenvalue weighted by atomic mass is 14.7. The molecule has 4 heteroatoms. The van der Waals surface area contributed by atoms with Crippen LogP contribution in [0.1, 0.15) is 13.3 Å². The Hall–Kier alpha value is -1.15. The molecule has 0 spiro atoms. The van der Waals surface area contributed by atoms with Crippen molar-refractivity contribution in [1.29, 1.82) is 0 Å². The van der Waals surface area contributed by atoms with E-state index in [2.05, 4.69) is 53.4 Å². The largest absolute Gasteiger partial charge is 0.427 e. The summed E-state index contributed by atoms with van der Waals surface area (Å²) in [5.74, 6) is 8.65. The molecule has 0 atom stereocenters. The third-order valence-corrected chi connectivity index (χ3v) is 2.25. The van der Waals surface area contributed by atoms with Crippen molar-refractivity contribution in [3.05, 3.63) is 48.3 Å². The molecule has 1 aliphatic heterocycles. The topological polar surface area (TPSA) is 24.1 Å². The van der Waals surface area contributed by atoms with Crippen LogP contribution in [-0.4, -0.2) is 20.7 Å². The van der Waals surface area contributed by atoms with E-state index in [-0.39, 0.29) is 0 Å². The van der Waals surface area contributed by atoms with Gasteiger partial charge in [0.05, 0.1) is 0 Å². The van der Waals surface area contributed by atoms with Gasteiger partial charge in [0, 0.05) is 0 Å². The first-order valence-corrected chi connectivity index (χ1v) is 5.48. The van der Waals surface area contributed by atoms with Crippen LogP contribution in [0, 0.1) is 0 Å². The van der Waals surface area contributed by atoms with Crippen LogP contribution in [0.3, 0.4) is 0 Å². The molecule has 0 fully saturated rings. The van der Waals surface area contributed by atoms with Gasteiger partial charge in [-0.25, -0.2) is 0 Å². The van der Waals surface area contributed by atoms with Crippen LogP contribution in [0.15, 0.2) is 48.3 Å². The molecule has 0 aromatic carbocycles. The molecule has 1 heterocycles. The maximum atomic E-state index is 3.25. The third kappa shape index (κ3) is 4.75. The summed E-state index contributed by atoms with van der Waals surface area (Å²) in [5, 5.41) is 6.48. The maximum Gasteiger partial charge on any atom is 0.304 e. The molecule has 0 saturated heterocycles. The fraction of sp³-hybridized carbons (Fsp3) is 0.273. The number of nitrogens with one attached hydrogen (secondary N) is 2. The van der Waals surface area contributed by atoms with Crippen LogP contribution >= 0.6 is 0 Å². The summed E-state index contributed by atoms with van der Waals surface area (Å²) in [5.41, 5.74) is 0. The van der Waals surface area contributed by atoms with Crippen LogP contribution in [0.25, 0.3) is 0 Å². The smallest absolute Gasteiger partial charge is 0.304 e. The van der Waals surface area contributed by atoms with Crippen molar-refractivity contribution >= 4 is 13.7 Å². The van der Waals surface area contributed by atoms with E-state index >= 15 is 0 Å². The lowest BCUT2D eigenvalue weighted by molar-refractivity contribution is 1.21. The van der Waals surface area contributed by atoms with E-state index in [4.69, 9.17) is 0 Å². The van der Waals surface area contributed by atoms with Crippen molar-refractivity contribution in [2.75, 3.05) is 7.05 Å². The quantitative estimate of drug-likeness (QED) is 0.657. The SMILES string of the molecule is CC/C=C\B(/C=C/B1C=CC=CN1)NC. The molecule has 2 N–H and O–H groups in total. The lowest BCUT2D eigenvalue weighted by Crippen LogP contribution is -2.30. The van der Waals surface area contributed by atoms with Gasteiger partial charge >= 0.3 is 6.85 Å². The molecule has 0 unspecified atom stereocenters. The van der Waals surface area contributed by atoms with E-state index in [1.807, 2.05) is 19.3 Å². The van der Waals surface area contributed by atoms with Gasteiger partial charge in [-0.2, -0.15) is 0 Å². The Morgan fingerprint density at radius 3 is 2.87 bits per heavy atom. The van der Waals surface area contributed by atoms with Gasteiger partial charge < -0.3 is 10.5 Å². The molecule has 0 aromatic rings. The predicted molar refractivity (Wildman–Crippen MR) is 70.6 cm³/mol. The van der Waals surface area contributed by atoms with Crippen LogP contribution in [0.4, 0.5) is 0 Å². The fourth-order valence-electron chi connectivity index (χ4n) is 1.36. The Bertz CT molecular complexity index is 282. The number of hydrogen-bond donors (Lipinski definition) is 2. The second kappa shape index (κ2) is 7.18. The molecule has 0 aliphatic carbocycles. The highest BCUT2D eigenvalue weighted by Crippen LogP contribution is 1.94. The highest BCUT2D eigenvalue weighted by molar-refractivity contribution is 6.72. The van der Waals surface area contributed by atoms with Crippen molar-refractivity contribution in [3.63, 3.8) is 0 Å². The molecule has 2 nitrogen and oxygen atoms in total. The number of allylic oxidation sites excluding steroid dienone is 3. The average molecular weight is 200 g/mol. The van der Waals surface area contributed by atoms with Gasteiger partial charge in [0.25, 0.3) is 6.85 Å². The zero-order valence-electron chi connectivity index (χ0n) is 9.48. The predicted octanol–water partition coefficient (Wildman–Crippen LogP) is 1.54. The Balaban J connectivity index is 2.43. The van der Waals surface area contributed by atoms with Gasteiger partial charge in [0.2, 0.25) is 0 Å². The van der Waals surface area contributed by atoms with Crippen molar-refractivity contribution < 1.29 is 0 Å². The molecule has 0 bridgehead atoms. The maximum absolute atomic E-state index is 3.25. The summed E-state index contributed by atoms with van der Waals surface area (Å²) in [4.78, 5) is 0. The van der Waals surface area contributed by atoms with Crippen LogP contribution < -0.4 is 10.5 Å². The van der Waals surface area contributed by atoms with Crippen LogP contribution in [-0.2, 0) is 0 Å². The molecule has 0 radical (unpaired) electrons. The Morgan fingerprint density at radius 1 is 1.40 bits per heavy atom. The lowest BCUT2D eigenvalue weighted by atomic mass is 9.54. The molecule has 0 saturated carbocycles. The first-order valence-electron chi connectivity index (χ1n) is 5.48. The summed E-state index contributed by atoms with van der Waals surface area (Å²) >= 11 is 0. The van der Waals surface area contributed by atoms with Crippen LogP contribution in [0.2, 0.25) is 0 Å². The van der Waals surface area contributed by atoms with E-state index in [9.17, 15) is 0 Å². The third-order valence-electron chi connectivity index (χ3n) is 2.25. The fourth-order valence-corrected chi connectivity index (χ4v) is 1.36. The molecule has 0 amide bonds. The molecule has 0 aromatic heterocycles. The zero-order valence-corrected chi connectivity index (χ0v) is 9.48. The normalized spacial score (nSPS) is 15.2. The van der Waals surface area contributed by atoms with Crippen molar-refractivity contribution in [3.8, 4) is 0 Å². The highest BCUT2D eigenvalue weighted by Gasteiger charge is 2.07. The molecule has 15 heavy (non-hydrogen) atoms. The molecular formula is C11H18B2N2. The lowest BCUT2D eigenvalue weighted by Gasteiger charge is -2.07. The van der Waals surface area contributed by atoms with Gasteiger partial charge in [-0.3, -0.25) is 0 Å². The van der Waals surface area contributed by atoms with Gasteiger partial charge in [-0.05, 0) is 25.7 Å². The molecular weight excluding hydrogens is 182 g/mol. The van der Waals surface area contributed by atoms with Gasteiger partial charge in [0.15, 0.2) is 0 Å². The summed E-state index contributed by atoms with van der Waals surface area (Å²) in [6, 6.07) is 0. The average Bonchev–Trinajstić information content (AvgIpc) is 2.31. The van der Waals surface area contributed by atoms with E-state index < -0.39 is 0 Å². The van der Waals surface area contributed by atoms with Gasteiger partial charge in [-0.1, -0.05) is 37.0 Å². The van der Waals surface area contributed by atoms with E-state index in [0.29, 0.717) is 13.7 Å². The minimum Gasteiger partial charge on any atom is -0.427 e. The standard InChI is InChI=1S/C11H18B2N2/c1-3-4-7-12(14-2)9-10-13-8-5-6-11-15-13/h4-11,14-15H,3H2,1-2H3/b7-4-,10-9+. The second-order valence-electron chi connectivity index (χ2n) is 3.47. The molecule has 1 aliphatic rings. The summed E-state index contributed by atoms with van der Waals surface area (Å²) in [6.07, 6.45) is 9.27. The van der Waals surface area contributed by atoms with E-state index in [1.165, 1.54) is 0 Å². The number of rotatable bonds is 5. The number of hydrogen-bond acceptors (Lipinski definition) is 2. The Kier molecular flexibility index (Phi) is 5.71. The first-order chi connectivity index (χ1) is 7.36. The zero-order chi connectivity index (χ0) is 10.9. The Labute approximate surface area is 93.4 Å². The van der Waals surface area contributed by atoms with Crippen molar-refractivity contribution in [2.45, 2.75) is 13.3 Å². The van der Waals surface area contributed by atoms with Crippen molar-refractivity contribution in [2.24, 2.45) is 0 Å². The summed E-state index contributed by atoms with van der Waals surface area (Å²) < 4.78 is 0. The Morgan fingerprint density at radius 2 is 2.27 bits per heavy atom. The second-order valence-corrected chi connectivity index (χ2v) is 3.47. The minimum atomic E-state index is 0.320. The molecule has 78 valence electrons. The van der Waals surface area contributed by atoms with Gasteiger partial charge in [0.1, 0.15) is 0 Å². The van der Waals surface area contributed by atoms with Crippen LogP contribution in [0.5, 0.6) is 0 Å². The van der Waals surface area contributed by atoms with Crippen molar-refractivity contribution in [1.82, 2.24) is 10.5 Å². The first kappa shape index (κ1) is 11.9.